The second-order valence-electron chi connectivity index (χ2n) is 7.01. The Kier molecular flexibility index (Phi) is 4.77. The monoisotopic (exact) mass is 377 g/mol. The molecule has 2 aliphatic heterocycles. The van der Waals surface area contributed by atoms with Crippen molar-refractivity contribution in [3.05, 3.63) is 59.8 Å². The number of likely N-dealkylation sites (N-methyl/N-ethyl adjacent to an activating group) is 1. The van der Waals surface area contributed by atoms with Crippen LogP contribution < -0.4 is 15.0 Å². The van der Waals surface area contributed by atoms with Crippen LogP contribution in [0.15, 0.2) is 54.2 Å². The number of nitrogens with one attached hydrogen (secondary N) is 1. The summed E-state index contributed by atoms with van der Waals surface area (Å²) in [5.41, 5.74) is 3.31. The van der Waals surface area contributed by atoms with Gasteiger partial charge in [0.25, 0.3) is 11.8 Å². The third kappa shape index (κ3) is 3.22. The highest BCUT2D eigenvalue weighted by Crippen LogP contribution is 2.31. The highest BCUT2D eigenvalue weighted by Gasteiger charge is 2.36. The quantitative estimate of drug-likeness (QED) is 0.812. The summed E-state index contributed by atoms with van der Waals surface area (Å²) in [5.74, 6) is 0.0484. The van der Waals surface area contributed by atoms with Crippen molar-refractivity contribution >= 4 is 28.8 Å². The number of ether oxygens (including phenoxy) is 1. The molecule has 2 aromatic rings. The average molecular weight is 377 g/mol. The molecule has 0 bridgehead atoms. The van der Waals surface area contributed by atoms with Gasteiger partial charge in [-0.1, -0.05) is 12.1 Å². The Hall–Kier alpha value is -3.28. The smallest absolute Gasteiger partial charge is 0.277 e. The van der Waals surface area contributed by atoms with Crippen molar-refractivity contribution in [2.45, 2.75) is 12.8 Å². The van der Waals surface area contributed by atoms with Gasteiger partial charge in [0.15, 0.2) is 0 Å². The lowest BCUT2D eigenvalue weighted by Gasteiger charge is -2.18. The molecule has 0 saturated carbocycles. The summed E-state index contributed by atoms with van der Waals surface area (Å²) in [6, 6.07) is 15.1. The van der Waals surface area contributed by atoms with Crippen LogP contribution in [0.1, 0.15) is 18.4 Å². The Morgan fingerprint density at radius 1 is 0.893 bits per heavy atom. The average Bonchev–Trinajstić information content (AvgIpc) is 3.33. The highest BCUT2D eigenvalue weighted by atomic mass is 16.5. The first-order valence-corrected chi connectivity index (χ1v) is 9.41. The maximum atomic E-state index is 12.7. The third-order valence-corrected chi connectivity index (χ3v) is 5.27. The minimum absolute atomic E-state index is 0.298. The van der Waals surface area contributed by atoms with E-state index in [4.69, 9.17) is 4.74 Å². The molecule has 6 nitrogen and oxygen atoms in total. The van der Waals surface area contributed by atoms with Gasteiger partial charge >= 0.3 is 0 Å². The lowest BCUT2D eigenvalue weighted by molar-refractivity contribution is -0.135. The number of methoxy groups -OCH3 is 1. The molecule has 0 unspecified atom stereocenters. The van der Waals surface area contributed by atoms with Crippen molar-refractivity contribution in [3.8, 4) is 5.75 Å². The van der Waals surface area contributed by atoms with Gasteiger partial charge in [0.05, 0.1) is 12.7 Å². The number of amides is 2. The Bertz CT molecular complexity index is 927. The van der Waals surface area contributed by atoms with Crippen LogP contribution in [0.25, 0.3) is 5.57 Å². The lowest BCUT2D eigenvalue weighted by atomic mass is 10.0. The van der Waals surface area contributed by atoms with Gasteiger partial charge in [0.1, 0.15) is 11.4 Å². The maximum absolute atomic E-state index is 12.7. The van der Waals surface area contributed by atoms with E-state index in [2.05, 4.69) is 10.2 Å². The standard InChI is InChI=1S/C22H23N3O3/c1-24-21(26)19(15-5-11-18(28-2)12-6-15)20(22(24)27)23-16-7-9-17(10-8-16)25-13-3-4-14-25/h5-12,23H,3-4,13-14H2,1-2H3. The molecule has 1 saturated heterocycles. The summed E-state index contributed by atoms with van der Waals surface area (Å²) >= 11 is 0. The molecule has 2 aliphatic rings. The molecule has 144 valence electrons. The number of hydrogen-bond acceptors (Lipinski definition) is 5. The molecule has 1 N–H and O–H groups in total. The zero-order chi connectivity index (χ0) is 19.7. The summed E-state index contributed by atoms with van der Waals surface area (Å²) in [7, 11) is 3.09. The van der Waals surface area contributed by atoms with E-state index in [1.807, 2.05) is 24.3 Å². The van der Waals surface area contributed by atoms with E-state index >= 15 is 0 Å². The van der Waals surface area contributed by atoms with Crippen LogP contribution in [0.2, 0.25) is 0 Å². The van der Waals surface area contributed by atoms with Crippen LogP contribution in [-0.4, -0.2) is 44.0 Å². The zero-order valence-corrected chi connectivity index (χ0v) is 16.1. The first kappa shape index (κ1) is 18.1. The number of rotatable bonds is 5. The topological polar surface area (TPSA) is 61.9 Å². The maximum Gasteiger partial charge on any atom is 0.277 e. The fraction of sp³-hybridized carbons (Fsp3) is 0.273. The summed E-state index contributed by atoms with van der Waals surface area (Å²) in [5, 5.41) is 3.16. The predicted octanol–water partition coefficient (Wildman–Crippen LogP) is 3.12. The van der Waals surface area contributed by atoms with Crippen molar-refractivity contribution in [1.29, 1.82) is 0 Å². The van der Waals surface area contributed by atoms with E-state index in [1.54, 1.807) is 31.4 Å². The van der Waals surface area contributed by atoms with Crippen molar-refractivity contribution in [3.63, 3.8) is 0 Å². The summed E-state index contributed by atoms with van der Waals surface area (Å²) in [6.07, 6.45) is 2.45. The number of carbonyl (C=O) groups excluding carboxylic acids is 2. The van der Waals surface area contributed by atoms with E-state index in [-0.39, 0.29) is 11.8 Å². The van der Waals surface area contributed by atoms with Gasteiger partial charge in [-0.3, -0.25) is 14.5 Å². The predicted molar refractivity (Wildman–Crippen MR) is 109 cm³/mol. The number of anilines is 2. The summed E-state index contributed by atoms with van der Waals surface area (Å²) in [6.45, 7) is 2.16. The zero-order valence-electron chi connectivity index (χ0n) is 16.1. The molecule has 2 heterocycles. The number of benzene rings is 2. The van der Waals surface area contributed by atoms with Crippen molar-refractivity contribution < 1.29 is 14.3 Å². The Labute approximate surface area is 164 Å². The van der Waals surface area contributed by atoms with E-state index < -0.39 is 0 Å². The molecule has 0 spiro atoms. The van der Waals surface area contributed by atoms with E-state index in [9.17, 15) is 9.59 Å². The SMILES string of the molecule is COc1ccc(C2=C(Nc3ccc(N4CCCC4)cc3)C(=O)N(C)C2=O)cc1. The van der Waals surface area contributed by atoms with Crippen LogP contribution in [0.4, 0.5) is 11.4 Å². The Balaban J connectivity index is 1.64. The van der Waals surface area contributed by atoms with Crippen LogP contribution in [0.3, 0.4) is 0 Å². The molecule has 0 atom stereocenters. The molecule has 0 aliphatic carbocycles. The summed E-state index contributed by atoms with van der Waals surface area (Å²) < 4.78 is 5.18. The first-order chi connectivity index (χ1) is 13.6. The Morgan fingerprint density at radius 2 is 1.54 bits per heavy atom. The number of carbonyl (C=O) groups is 2. The minimum atomic E-state index is -0.334. The first-order valence-electron chi connectivity index (χ1n) is 9.41. The number of nitrogens with zero attached hydrogens (tertiary/aromatic N) is 2. The molecule has 2 amide bonds. The largest absolute Gasteiger partial charge is 0.497 e. The molecule has 28 heavy (non-hydrogen) atoms. The highest BCUT2D eigenvalue weighted by molar-refractivity contribution is 6.36. The molecular weight excluding hydrogens is 354 g/mol. The van der Waals surface area contributed by atoms with Gasteiger partial charge < -0.3 is 15.0 Å². The second-order valence-corrected chi connectivity index (χ2v) is 7.01. The van der Waals surface area contributed by atoms with Crippen molar-refractivity contribution in [2.75, 3.05) is 37.5 Å². The molecular formula is C22H23N3O3. The fourth-order valence-electron chi connectivity index (χ4n) is 3.66. The fourth-order valence-corrected chi connectivity index (χ4v) is 3.66. The van der Waals surface area contributed by atoms with Gasteiger partial charge in [-0.2, -0.15) is 0 Å². The Morgan fingerprint density at radius 3 is 2.14 bits per heavy atom. The minimum Gasteiger partial charge on any atom is -0.497 e. The second kappa shape index (κ2) is 7.38. The van der Waals surface area contributed by atoms with E-state index in [0.717, 1.165) is 23.7 Å². The lowest BCUT2D eigenvalue weighted by Crippen LogP contribution is -2.27. The van der Waals surface area contributed by atoms with Gasteiger partial charge in [0, 0.05) is 31.5 Å². The van der Waals surface area contributed by atoms with Crippen LogP contribution in [0.5, 0.6) is 5.75 Å². The normalized spacial score (nSPS) is 16.9. The third-order valence-electron chi connectivity index (χ3n) is 5.27. The number of imide groups is 1. The van der Waals surface area contributed by atoms with Crippen molar-refractivity contribution in [2.24, 2.45) is 0 Å². The van der Waals surface area contributed by atoms with E-state index in [1.165, 1.54) is 25.6 Å². The molecule has 6 heteroatoms. The number of hydrogen-bond donors (Lipinski definition) is 1. The van der Waals surface area contributed by atoms with Crippen LogP contribution in [0, 0.1) is 0 Å². The van der Waals surface area contributed by atoms with Gasteiger partial charge in [-0.05, 0) is 54.8 Å². The molecule has 2 aromatic carbocycles. The molecule has 0 radical (unpaired) electrons. The van der Waals surface area contributed by atoms with Gasteiger partial charge in [-0.15, -0.1) is 0 Å². The van der Waals surface area contributed by atoms with Crippen LogP contribution >= 0.6 is 0 Å². The molecule has 4 rings (SSSR count). The molecule has 1 fully saturated rings. The van der Waals surface area contributed by atoms with E-state index in [0.29, 0.717) is 22.6 Å². The summed E-state index contributed by atoms with van der Waals surface area (Å²) in [4.78, 5) is 28.8. The van der Waals surface area contributed by atoms with Gasteiger partial charge in [0.2, 0.25) is 0 Å². The molecule has 0 aromatic heterocycles. The van der Waals surface area contributed by atoms with Gasteiger partial charge in [-0.25, -0.2) is 0 Å². The van der Waals surface area contributed by atoms with Crippen LogP contribution in [-0.2, 0) is 9.59 Å². The van der Waals surface area contributed by atoms with Crippen molar-refractivity contribution in [1.82, 2.24) is 4.90 Å².